The van der Waals surface area contributed by atoms with Crippen molar-refractivity contribution in [2.45, 2.75) is 10.8 Å². The molecule has 0 N–H and O–H groups in total. The van der Waals surface area contributed by atoms with Crippen LogP contribution in [0.3, 0.4) is 0 Å². The lowest BCUT2D eigenvalue weighted by Crippen LogP contribution is -2.28. The van der Waals surface area contributed by atoms with Gasteiger partial charge in [0.1, 0.15) is 33.5 Å². The average Bonchev–Trinajstić information content (AvgIpc) is 1.51. The van der Waals surface area contributed by atoms with Gasteiger partial charge in [-0.2, -0.15) is 0 Å². The molecule has 0 atom stereocenters. The van der Waals surface area contributed by atoms with Crippen LogP contribution in [0.5, 0.6) is 0 Å². The minimum absolute atomic E-state index is 0.600. The van der Waals surface area contributed by atoms with E-state index in [0.717, 1.165) is 93.6 Å². The minimum atomic E-state index is -0.667. The quantitative estimate of drug-likeness (QED) is 0.128. The van der Waals surface area contributed by atoms with Gasteiger partial charge in [0.05, 0.1) is 10.8 Å². The lowest BCUT2D eigenvalue weighted by molar-refractivity contribution is 0.668. The summed E-state index contributed by atoms with van der Waals surface area (Å²) < 4.78 is 21.0. The largest absolute Gasteiger partial charge is 0.456 e. The van der Waals surface area contributed by atoms with Crippen molar-refractivity contribution < 1.29 is 13.3 Å². The third-order valence-electron chi connectivity index (χ3n) is 27.7. The Kier molecular flexibility index (Phi) is 16.2. The Morgan fingerprint density at radius 1 is 0.150 bits per heavy atom. The molecule has 22 aromatic carbocycles. The number of hydrogen-bond acceptors (Lipinski definition) is 3. The molecule has 0 unspecified atom stereocenters. The summed E-state index contributed by atoms with van der Waals surface area (Å²) >= 11 is 0. The zero-order chi connectivity index (χ0) is 83.4. The third-order valence-corrected chi connectivity index (χ3v) is 27.7. The van der Waals surface area contributed by atoms with Crippen molar-refractivity contribution in [1.29, 1.82) is 0 Å². The molecule has 127 heavy (non-hydrogen) atoms. The summed E-state index contributed by atoms with van der Waals surface area (Å²) in [6.45, 7) is 0. The molecule has 3 nitrogen and oxygen atoms in total. The summed E-state index contributed by atoms with van der Waals surface area (Å²) in [5.74, 6) is 0. The van der Waals surface area contributed by atoms with Crippen LogP contribution in [0, 0.1) is 0 Å². The van der Waals surface area contributed by atoms with Gasteiger partial charge in [-0.15, -0.1) is 0 Å². The Bertz CT molecular complexity index is 8570. The lowest BCUT2D eigenvalue weighted by Gasteiger charge is -2.34. The van der Waals surface area contributed by atoms with Gasteiger partial charge < -0.3 is 13.3 Å². The average molecular weight is 1610 g/mol. The van der Waals surface area contributed by atoms with Crippen LogP contribution >= 0.6 is 0 Å². The number of rotatable bonds is 10. The van der Waals surface area contributed by atoms with Crippen molar-refractivity contribution in [1.82, 2.24) is 0 Å². The van der Waals surface area contributed by atoms with E-state index in [4.69, 9.17) is 13.3 Å². The van der Waals surface area contributed by atoms with E-state index in [-0.39, 0.29) is 0 Å². The smallest absolute Gasteiger partial charge is 0.144 e. The highest BCUT2D eigenvalue weighted by Gasteiger charge is 2.51. The first-order chi connectivity index (χ1) is 63.1. The zero-order valence-corrected chi connectivity index (χ0v) is 69.1. The minimum Gasteiger partial charge on any atom is -0.456 e. The van der Waals surface area contributed by atoms with Crippen LogP contribution < -0.4 is 0 Å². The molecule has 3 heterocycles. The molecule has 0 bridgehead atoms. The number of fused-ring (bicyclic) bond motifs is 24. The SMILES string of the molecule is c1ccc(-c2c3ccccc3c(-c3ccc(-c4cc5c(c6oc7ccccc7c46)-c4c(ccc6ccccc46)C5(c4ccccc4)c4ccccc4)cc3)c3ccccc23)cc1.c1ccc(-c2c3ccccc3c(-c3ccc(-c4cc5c(c6oc7ccccc7c46)-c4c(ccc6oc7ccccc7c46)C5(c4ccccc4)c4ccccc4)cc3)c3ccccc23)cc1. The monoisotopic (exact) mass is 1610 g/mol. The van der Waals surface area contributed by atoms with Gasteiger partial charge in [-0.25, -0.2) is 0 Å². The van der Waals surface area contributed by atoms with Crippen molar-refractivity contribution in [3.8, 4) is 89.0 Å². The first kappa shape index (κ1) is 72.2. The summed E-state index contributed by atoms with van der Waals surface area (Å²) in [4.78, 5) is 0. The van der Waals surface area contributed by atoms with Crippen molar-refractivity contribution >= 4 is 120 Å². The highest BCUT2D eigenvalue weighted by Crippen LogP contribution is 2.65. The molecular weight excluding hydrogens is 1540 g/mol. The van der Waals surface area contributed by atoms with E-state index in [9.17, 15) is 0 Å². The molecule has 0 spiro atoms. The predicted octanol–water partition coefficient (Wildman–Crippen LogP) is 33.6. The summed E-state index contributed by atoms with van der Waals surface area (Å²) in [5.41, 5.74) is 33.0. The molecule has 25 aromatic rings. The standard InChI is InChI=1S/C63H38O2.C61H38O/c1-4-18-40(19-5-1)56-44-24-10-12-26-46(44)57(47-27-13-11-25-45(47)56)41-34-32-39(33-35-41)50-38-52-61(62-58(50)48-28-14-17-31-54(48)65-62)60-51(36-37-55-59(60)49-29-15-16-30-53(49)64-55)63(52,42-20-6-2-7-21-42)43-22-8-3-9-23-43;1-4-19-41(20-5-1)55-46-26-12-14-28-48(46)56(49-29-15-13-27-47(49)55)42-34-32-40(33-35-42)51-38-53-59(60-57(51)50-30-16-17-31-54(50)62-60)58-45-25-11-10-18-39(45)36-37-52(58)61(53,43-21-6-2-7-22-43)44-23-8-3-9-24-44/h1-38H;1-38H. The Morgan fingerprint density at radius 2 is 0.417 bits per heavy atom. The second-order valence-corrected chi connectivity index (χ2v) is 34.0. The molecule has 0 saturated heterocycles. The van der Waals surface area contributed by atoms with Crippen molar-refractivity contribution in [2.24, 2.45) is 0 Å². The van der Waals surface area contributed by atoms with E-state index in [1.165, 1.54) is 160 Å². The molecule has 0 amide bonds. The van der Waals surface area contributed by atoms with Gasteiger partial charge in [0, 0.05) is 49.0 Å². The fourth-order valence-electron chi connectivity index (χ4n) is 22.5. The Labute approximate surface area is 733 Å². The van der Waals surface area contributed by atoms with Crippen LogP contribution in [-0.4, -0.2) is 0 Å². The maximum absolute atomic E-state index is 7.22. The molecule has 2 aliphatic rings. The van der Waals surface area contributed by atoms with E-state index < -0.39 is 10.8 Å². The van der Waals surface area contributed by atoms with Crippen LogP contribution in [0.4, 0.5) is 0 Å². The molecule has 0 radical (unpaired) electrons. The maximum atomic E-state index is 7.22. The molecule has 3 heteroatoms. The van der Waals surface area contributed by atoms with Gasteiger partial charge in [-0.05, 0) is 207 Å². The Morgan fingerprint density at radius 3 is 0.787 bits per heavy atom. The Hall–Kier alpha value is -16.5. The first-order valence-corrected chi connectivity index (χ1v) is 43.9. The van der Waals surface area contributed by atoms with E-state index >= 15 is 0 Å². The number of para-hydroxylation sites is 3. The van der Waals surface area contributed by atoms with Crippen LogP contribution in [0.15, 0.2) is 474 Å². The molecule has 0 fully saturated rings. The summed E-state index contributed by atoms with van der Waals surface area (Å²) in [7, 11) is 0. The maximum Gasteiger partial charge on any atom is 0.144 e. The summed E-state index contributed by atoms with van der Waals surface area (Å²) in [6, 6.07) is 168. The van der Waals surface area contributed by atoms with Crippen molar-refractivity contribution in [3.63, 3.8) is 0 Å². The number of benzene rings is 22. The molecule has 0 saturated carbocycles. The van der Waals surface area contributed by atoms with Gasteiger partial charge in [0.2, 0.25) is 0 Å². The van der Waals surface area contributed by atoms with Gasteiger partial charge in [0.15, 0.2) is 0 Å². The number of hydrogen-bond donors (Lipinski definition) is 0. The molecule has 590 valence electrons. The summed E-state index contributed by atoms with van der Waals surface area (Å²) in [6.07, 6.45) is 0. The lowest BCUT2D eigenvalue weighted by atomic mass is 9.67. The number of furan rings is 3. The second-order valence-electron chi connectivity index (χ2n) is 34.0. The van der Waals surface area contributed by atoms with E-state index in [2.05, 4.69) is 461 Å². The van der Waals surface area contributed by atoms with E-state index in [0.29, 0.717) is 0 Å². The fourth-order valence-corrected chi connectivity index (χ4v) is 22.5. The summed E-state index contributed by atoms with van der Waals surface area (Å²) in [5, 5.41) is 19.1. The first-order valence-electron chi connectivity index (χ1n) is 43.9. The van der Waals surface area contributed by atoms with Gasteiger partial charge >= 0.3 is 0 Å². The van der Waals surface area contributed by atoms with Crippen molar-refractivity contribution in [3.05, 3.63) is 506 Å². The van der Waals surface area contributed by atoms with Crippen LogP contribution in [0.2, 0.25) is 0 Å². The molecule has 0 aliphatic heterocycles. The van der Waals surface area contributed by atoms with Gasteiger partial charge in [-0.3, -0.25) is 0 Å². The van der Waals surface area contributed by atoms with E-state index in [1.807, 2.05) is 0 Å². The highest BCUT2D eigenvalue weighted by atomic mass is 16.3. The van der Waals surface area contributed by atoms with Gasteiger partial charge in [-0.1, -0.05) is 425 Å². The topological polar surface area (TPSA) is 39.4 Å². The highest BCUT2D eigenvalue weighted by molar-refractivity contribution is 6.27. The second kappa shape index (κ2) is 28.6. The predicted molar refractivity (Wildman–Crippen MR) is 529 cm³/mol. The molecule has 2 aliphatic carbocycles. The third kappa shape index (κ3) is 10.6. The Balaban J connectivity index is 0.000000135. The van der Waals surface area contributed by atoms with Crippen molar-refractivity contribution in [2.75, 3.05) is 0 Å². The van der Waals surface area contributed by atoms with Crippen LogP contribution in [0.25, 0.3) is 209 Å². The fraction of sp³-hybridized carbons (Fsp3) is 0.0161. The molecule has 27 rings (SSSR count). The van der Waals surface area contributed by atoms with Crippen LogP contribution in [0.1, 0.15) is 44.5 Å². The normalized spacial score (nSPS) is 13.0. The van der Waals surface area contributed by atoms with Crippen LogP contribution in [-0.2, 0) is 10.8 Å². The molecular formula is C124H76O3. The zero-order valence-electron chi connectivity index (χ0n) is 69.1. The van der Waals surface area contributed by atoms with Gasteiger partial charge in [0.25, 0.3) is 0 Å². The molecule has 3 aromatic heterocycles. The van der Waals surface area contributed by atoms with E-state index in [1.54, 1.807) is 0 Å².